The van der Waals surface area contributed by atoms with Crippen LogP contribution in [0.5, 0.6) is 0 Å². The highest BCUT2D eigenvalue weighted by molar-refractivity contribution is 7.98. The highest BCUT2D eigenvalue weighted by Gasteiger charge is 2.13. The molecule has 0 aliphatic heterocycles. The van der Waals surface area contributed by atoms with Crippen LogP contribution in [0.1, 0.15) is 11.5 Å². The van der Waals surface area contributed by atoms with Gasteiger partial charge in [0, 0.05) is 11.8 Å². The van der Waals surface area contributed by atoms with Crippen LogP contribution in [0, 0.1) is 13.8 Å². The summed E-state index contributed by atoms with van der Waals surface area (Å²) in [6.45, 7) is 3.71. The van der Waals surface area contributed by atoms with E-state index in [1.807, 2.05) is 13.8 Å². The lowest BCUT2D eigenvalue weighted by Crippen LogP contribution is -2.04. The smallest absolute Gasteiger partial charge is 0.264 e. The van der Waals surface area contributed by atoms with Crippen LogP contribution < -0.4 is 0 Å². The Hall–Kier alpha value is -2.00. The number of oxazole rings is 1. The summed E-state index contributed by atoms with van der Waals surface area (Å²) in [6.07, 6.45) is 2.85. The first kappa shape index (κ1) is 13.0. The van der Waals surface area contributed by atoms with Crippen LogP contribution in [0.2, 0.25) is 5.28 Å². The molecule has 3 aromatic rings. The Morgan fingerprint density at radius 3 is 2.70 bits per heavy atom. The summed E-state index contributed by atoms with van der Waals surface area (Å²) in [6, 6.07) is 0. The minimum atomic E-state index is 0.0630. The van der Waals surface area contributed by atoms with Crippen LogP contribution in [0.25, 0.3) is 5.95 Å². The second kappa shape index (κ2) is 5.17. The molecule has 0 saturated heterocycles. The molecular formula is C10H8ClN7OS. The van der Waals surface area contributed by atoms with Gasteiger partial charge >= 0.3 is 0 Å². The molecule has 0 aliphatic rings. The first-order chi connectivity index (χ1) is 9.61. The molecule has 0 unspecified atom stereocenters. The fourth-order valence-corrected chi connectivity index (χ4v) is 2.32. The van der Waals surface area contributed by atoms with Crippen molar-refractivity contribution in [2.24, 2.45) is 0 Å². The van der Waals surface area contributed by atoms with E-state index >= 15 is 0 Å². The Balaban J connectivity index is 1.94. The molecular weight excluding hydrogens is 302 g/mol. The van der Waals surface area contributed by atoms with E-state index in [0.717, 1.165) is 23.2 Å². The van der Waals surface area contributed by atoms with Crippen molar-refractivity contribution in [1.82, 2.24) is 34.7 Å². The van der Waals surface area contributed by atoms with E-state index in [1.165, 1.54) is 17.3 Å². The van der Waals surface area contributed by atoms with E-state index < -0.39 is 0 Å². The van der Waals surface area contributed by atoms with Gasteiger partial charge in [-0.25, -0.2) is 9.97 Å². The van der Waals surface area contributed by atoms with Gasteiger partial charge in [0.05, 0.1) is 5.69 Å². The lowest BCUT2D eigenvalue weighted by Gasteiger charge is -2.01. The highest BCUT2D eigenvalue weighted by atomic mass is 35.5. The van der Waals surface area contributed by atoms with Crippen molar-refractivity contribution in [1.29, 1.82) is 0 Å². The maximum atomic E-state index is 5.88. The van der Waals surface area contributed by atoms with E-state index in [4.69, 9.17) is 16.0 Å². The van der Waals surface area contributed by atoms with E-state index in [-0.39, 0.29) is 11.2 Å². The third kappa shape index (κ3) is 2.63. The Kier molecular flexibility index (Phi) is 3.36. The Labute approximate surface area is 122 Å². The molecule has 3 aromatic heterocycles. The van der Waals surface area contributed by atoms with Gasteiger partial charge in [-0.05, 0) is 25.4 Å². The first-order valence-electron chi connectivity index (χ1n) is 5.50. The molecule has 0 fully saturated rings. The molecule has 3 rings (SSSR count). The molecule has 0 bridgehead atoms. The highest BCUT2D eigenvalue weighted by Crippen LogP contribution is 2.26. The van der Waals surface area contributed by atoms with E-state index in [1.54, 1.807) is 0 Å². The second-order valence-electron chi connectivity index (χ2n) is 3.75. The molecule has 0 spiro atoms. The summed E-state index contributed by atoms with van der Waals surface area (Å²) < 4.78 is 6.85. The van der Waals surface area contributed by atoms with Gasteiger partial charge in [-0.3, -0.25) is 0 Å². The lowest BCUT2D eigenvalue weighted by atomic mass is 10.4. The minimum Gasteiger partial charge on any atom is -0.436 e. The van der Waals surface area contributed by atoms with Crippen molar-refractivity contribution in [3.63, 3.8) is 0 Å². The fourth-order valence-electron chi connectivity index (χ4n) is 1.35. The number of aryl methyl sites for hydroxylation is 2. The van der Waals surface area contributed by atoms with Crippen LogP contribution in [-0.4, -0.2) is 34.7 Å². The maximum Gasteiger partial charge on any atom is 0.264 e. The average Bonchev–Trinajstić information content (AvgIpc) is 3.00. The molecule has 8 nitrogen and oxygen atoms in total. The Morgan fingerprint density at radius 2 is 2.05 bits per heavy atom. The SMILES string of the molecule is Cc1nc(Sc2nc(Cl)nc(-n3cncn3)n2)oc1C. The summed E-state index contributed by atoms with van der Waals surface area (Å²) in [4.78, 5) is 20.3. The predicted octanol–water partition coefficient (Wildman–Crippen LogP) is 1.86. The topological polar surface area (TPSA) is 95.4 Å². The molecule has 3 heterocycles. The normalized spacial score (nSPS) is 10.9. The zero-order valence-electron chi connectivity index (χ0n) is 10.5. The predicted molar refractivity (Wildman–Crippen MR) is 69.9 cm³/mol. The zero-order chi connectivity index (χ0) is 14.1. The van der Waals surface area contributed by atoms with Gasteiger partial charge < -0.3 is 4.42 Å². The monoisotopic (exact) mass is 309 g/mol. The van der Waals surface area contributed by atoms with Crippen LogP contribution in [0.4, 0.5) is 0 Å². The van der Waals surface area contributed by atoms with Crippen molar-refractivity contribution < 1.29 is 4.42 Å². The Bertz CT molecular complexity index is 723. The number of nitrogens with zero attached hydrogens (tertiary/aromatic N) is 7. The minimum absolute atomic E-state index is 0.0630. The lowest BCUT2D eigenvalue weighted by molar-refractivity contribution is 0.430. The van der Waals surface area contributed by atoms with Gasteiger partial charge in [-0.1, -0.05) is 0 Å². The molecule has 0 aliphatic carbocycles. The van der Waals surface area contributed by atoms with Crippen LogP contribution in [0.15, 0.2) is 27.5 Å². The molecule has 0 radical (unpaired) electrons. The van der Waals surface area contributed by atoms with Gasteiger partial charge in [0.2, 0.25) is 10.4 Å². The van der Waals surface area contributed by atoms with Crippen LogP contribution in [-0.2, 0) is 0 Å². The standard InChI is InChI=1S/C10H8ClN7OS/c1-5-6(2)19-10(14-5)20-9-16-7(11)15-8(17-9)18-4-12-3-13-18/h3-4H,1-2H3. The third-order valence-electron chi connectivity index (χ3n) is 2.39. The second-order valence-corrected chi connectivity index (χ2v) is 5.01. The number of hydrogen-bond acceptors (Lipinski definition) is 8. The summed E-state index contributed by atoms with van der Waals surface area (Å²) in [7, 11) is 0. The third-order valence-corrected chi connectivity index (χ3v) is 3.27. The van der Waals surface area contributed by atoms with Crippen molar-refractivity contribution in [3.8, 4) is 5.95 Å². The number of hydrogen-bond donors (Lipinski definition) is 0. The van der Waals surface area contributed by atoms with Crippen LogP contribution in [0.3, 0.4) is 0 Å². The summed E-state index contributed by atoms with van der Waals surface area (Å²) in [5.41, 5.74) is 0.823. The van der Waals surface area contributed by atoms with E-state index in [9.17, 15) is 0 Å². The maximum absolute atomic E-state index is 5.88. The molecule has 0 amide bonds. The van der Waals surface area contributed by atoms with E-state index in [0.29, 0.717) is 10.4 Å². The fraction of sp³-hybridized carbons (Fsp3) is 0.200. The molecule has 20 heavy (non-hydrogen) atoms. The van der Waals surface area contributed by atoms with Gasteiger partial charge in [-0.15, -0.1) is 0 Å². The number of rotatable bonds is 3. The van der Waals surface area contributed by atoms with Crippen LogP contribution >= 0.6 is 23.4 Å². The first-order valence-corrected chi connectivity index (χ1v) is 6.70. The van der Waals surface area contributed by atoms with E-state index in [2.05, 4.69) is 30.0 Å². The quantitative estimate of drug-likeness (QED) is 0.723. The van der Waals surface area contributed by atoms with Gasteiger partial charge in [0.15, 0.2) is 0 Å². The largest absolute Gasteiger partial charge is 0.436 e. The summed E-state index contributed by atoms with van der Waals surface area (Å²) in [5.74, 6) is 1.04. The molecule has 102 valence electrons. The summed E-state index contributed by atoms with van der Waals surface area (Å²) >= 11 is 7.04. The van der Waals surface area contributed by atoms with Crippen molar-refractivity contribution in [2.75, 3.05) is 0 Å². The average molecular weight is 310 g/mol. The molecule has 0 atom stereocenters. The molecule has 0 N–H and O–H groups in total. The number of halogens is 1. The molecule has 0 saturated carbocycles. The van der Waals surface area contributed by atoms with Crippen molar-refractivity contribution in [2.45, 2.75) is 24.2 Å². The van der Waals surface area contributed by atoms with Crippen molar-refractivity contribution in [3.05, 3.63) is 29.4 Å². The summed E-state index contributed by atoms with van der Waals surface area (Å²) in [5, 5.41) is 4.83. The van der Waals surface area contributed by atoms with Gasteiger partial charge in [0.25, 0.3) is 11.2 Å². The van der Waals surface area contributed by atoms with Crippen molar-refractivity contribution >= 4 is 23.4 Å². The Morgan fingerprint density at radius 1 is 1.20 bits per heavy atom. The van der Waals surface area contributed by atoms with Gasteiger partial charge in [-0.2, -0.15) is 24.7 Å². The molecule has 0 aromatic carbocycles. The van der Waals surface area contributed by atoms with Gasteiger partial charge in [0.1, 0.15) is 18.4 Å². The molecule has 10 heteroatoms. The zero-order valence-corrected chi connectivity index (χ0v) is 12.1. The number of aromatic nitrogens is 7.